The van der Waals surface area contributed by atoms with Crippen LogP contribution in [0.3, 0.4) is 0 Å². The molecule has 0 aliphatic heterocycles. The van der Waals surface area contributed by atoms with E-state index >= 15 is 0 Å². The summed E-state index contributed by atoms with van der Waals surface area (Å²) in [5, 5.41) is 72.9. The summed E-state index contributed by atoms with van der Waals surface area (Å²) in [6.45, 7) is 1.48. The second kappa shape index (κ2) is 22.7. The Bertz CT molecular complexity index is 3260. The number of aromatic hydroxyl groups is 3. The molecule has 1 heterocycles. The Hall–Kier alpha value is -4.40. The number of rotatable bonds is 9. The summed E-state index contributed by atoms with van der Waals surface area (Å²) < 4.78 is 65.2. The second-order valence-electron chi connectivity index (χ2n) is 12.3. The zero-order chi connectivity index (χ0) is 43.7. The fourth-order valence-electron chi connectivity index (χ4n) is 5.59. The summed E-state index contributed by atoms with van der Waals surface area (Å²) in [4.78, 5) is 32.0. The van der Waals surface area contributed by atoms with E-state index in [1.54, 1.807) is 30.3 Å². The molecule has 0 spiro atoms. The quantitative estimate of drug-likeness (QED) is 0.0275. The van der Waals surface area contributed by atoms with E-state index in [1.165, 1.54) is 31.2 Å². The van der Waals surface area contributed by atoms with Crippen molar-refractivity contribution in [1.82, 2.24) is 9.78 Å². The van der Waals surface area contributed by atoms with Crippen molar-refractivity contribution in [2.75, 3.05) is 0 Å². The van der Waals surface area contributed by atoms with E-state index in [-0.39, 0.29) is 173 Å². The summed E-state index contributed by atoms with van der Waals surface area (Å²) >= 11 is 0. The molecule has 6 aromatic carbocycles. The number of hydrogen-bond acceptors (Lipinski definition) is 17. The van der Waals surface area contributed by atoms with Gasteiger partial charge in [-0.2, -0.15) is 21.9 Å². The first-order valence-corrected chi connectivity index (χ1v) is 19.4. The number of aryl methyl sites for hydroxylation is 1. The average Bonchev–Trinajstić information content (AvgIpc) is 3.48. The molecule has 7 rings (SSSR count). The summed E-state index contributed by atoms with van der Waals surface area (Å²) in [6, 6.07) is 22.1. The number of benzene rings is 6. The number of aromatic nitrogens is 2. The van der Waals surface area contributed by atoms with Crippen LogP contribution in [0.25, 0.3) is 27.2 Å². The van der Waals surface area contributed by atoms with Crippen LogP contribution in [0, 0.1) is 27.2 Å². The van der Waals surface area contributed by atoms with Crippen LogP contribution >= 0.6 is 0 Å². The number of nitro groups is 2. The Balaban J connectivity index is 0.000000415. The Morgan fingerprint density at radius 1 is 0.656 bits per heavy atom. The smallest absolute Gasteiger partial charge is 0.506 e. The van der Waals surface area contributed by atoms with Gasteiger partial charge in [0.1, 0.15) is 44.8 Å². The first-order chi connectivity index (χ1) is 28.2. The number of non-ortho nitro benzene ring substituents is 2. The normalized spacial score (nSPS) is 11.2. The predicted octanol–water partition coefficient (Wildman–Crippen LogP) is -1.48. The Morgan fingerprint density at radius 2 is 1.22 bits per heavy atom. The van der Waals surface area contributed by atoms with Gasteiger partial charge in [0.2, 0.25) is 0 Å². The van der Waals surface area contributed by atoms with Crippen molar-refractivity contribution < 1.29 is 157 Å². The van der Waals surface area contributed by atoms with Gasteiger partial charge >= 0.3 is 88.7 Å². The molecule has 22 nitrogen and oxygen atoms in total. The fraction of sp³-hybridized carbons (Fsp3) is 0.0278. The van der Waals surface area contributed by atoms with Crippen molar-refractivity contribution >= 4 is 75.9 Å². The van der Waals surface area contributed by atoms with Gasteiger partial charge in [0.25, 0.3) is 31.6 Å². The monoisotopic (exact) mass is 978 g/mol. The molecule has 0 unspecified atom stereocenters. The van der Waals surface area contributed by atoms with Gasteiger partial charge in [-0.05, 0) is 47.9 Å². The zero-order valence-corrected chi connectivity index (χ0v) is 42.4. The van der Waals surface area contributed by atoms with Gasteiger partial charge in [0, 0.05) is 63.9 Å². The van der Waals surface area contributed by atoms with Crippen LogP contribution in [0.5, 0.6) is 17.2 Å². The van der Waals surface area contributed by atoms with Crippen molar-refractivity contribution in [2.24, 2.45) is 20.5 Å². The molecule has 0 aliphatic carbocycles. The number of hydrogen-bond donors (Lipinski definition) is 5. The number of nitrogens with zero attached hydrogens (tertiary/aromatic N) is 8. The zero-order valence-electron chi connectivity index (χ0n) is 33.5. The molecule has 1 aromatic heterocycles. The van der Waals surface area contributed by atoms with Crippen LogP contribution in [0.2, 0.25) is 0 Å². The van der Waals surface area contributed by atoms with Crippen LogP contribution in [-0.4, -0.2) is 60.9 Å². The molecule has 64 heavy (non-hydrogen) atoms. The predicted molar refractivity (Wildman–Crippen MR) is 211 cm³/mol. The molecule has 0 fully saturated rings. The fourth-order valence-corrected chi connectivity index (χ4v) is 6.78. The van der Waals surface area contributed by atoms with Crippen LogP contribution in [-0.2, 0) is 37.6 Å². The number of phenols is 3. The number of nitro benzene ring substituents is 2. The molecule has 28 heteroatoms. The Morgan fingerprint density at radius 3 is 1.81 bits per heavy atom. The molecule has 0 aliphatic rings. The average molecular weight is 979 g/mol. The first kappa shape index (κ1) is 55.7. The van der Waals surface area contributed by atoms with Crippen molar-refractivity contribution in [3.63, 3.8) is 0 Å². The Kier molecular flexibility index (Phi) is 19.7. The molecule has 5 N–H and O–H groups in total. The summed E-state index contributed by atoms with van der Waals surface area (Å²) in [6.07, 6.45) is 0. The minimum atomic E-state index is -4.81. The number of phenolic OH excluding ortho intramolecular Hbond substituents is 3. The molecule has 0 saturated heterocycles. The first-order valence-electron chi connectivity index (χ1n) is 16.5. The molecule has 0 radical (unpaired) electrons. The molecule has 0 saturated carbocycles. The molecule has 0 bridgehead atoms. The van der Waals surface area contributed by atoms with Gasteiger partial charge in [0.05, 0.1) is 20.4 Å². The standard InChI is InChI=1S/C20H13N3O7S.C16H12N5O7S.Cr.3Na/c24-16-8-5-11-3-1-2-4-13(11)19(16)21-22-20-14-7-6-12(23(26)27)9-15(14)18(10-17(20)25)31(28,29)30;1-9-15(18-17-13-8-11(21(24)25)4-7-14(13)22)16(23)20(19-9)10-2-5-12(6-3-10)29(26,27)28;;;;/h1-10,24-25H,(H,28,29,30);2-8,22H,1H3,(H,26,27,28);;;;/q;-1;;3*+1. The van der Waals surface area contributed by atoms with E-state index in [1.807, 2.05) is 0 Å². The third-order valence-electron chi connectivity index (χ3n) is 8.45. The van der Waals surface area contributed by atoms with Crippen LogP contribution in [0.1, 0.15) is 5.69 Å². The molecular weight excluding hydrogens is 954 g/mol. The van der Waals surface area contributed by atoms with E-state index in [2.05, 4.69) is 25.6 Å². The molecule has 0 atom stereocenters. The summed E-state index contributed by atoms with van der Waals surface area (Å²) in [7, 11) is -9.19. The molecule has 312 valence electrons. The summed E-state index contributed by atoms with van der Waals surface area (Å²) in [5.74, 6) is -1.16. The van der Waals surface area contributed by atoms with E-state index < -0.39 is 52.0 Å². The van der Waals surface area contributed by atoms with Crippen LogP contribution in [0.4, 0.5) is 34.1 Å². The maximum absolute atomic E-state index is 12.6. The molecule has 0 amide bonds. The van der Waals surface area contributed by atoms with E-state index in [0.717, 1.165) is 58.6 Å². The largest absolute Gasteiger partial charge is 1.00 e. The van der Waals surface area contributed by atoms with Crippen molar-refractivity contribution in [3.8, 4) is 22.9 Å². The van der Waals surface area contributed by atoms with Gasteiger partial charge in [-0.1, -0.05) is 42.9 Å². The minimum Gasteiger partial charge on any atom is -0.506 e. The third-order valence-corrected chi connectivity index (χ3v) is 10.2. The second-order valence-corrected chi connectivity index (χ2v) is 15.1. The van der Waals surface area contributed by atoms with Gasteiger partial charge in [-0.15, -0.1) is 15.9 Å². The van der Waals surface area contributed by atoms with Gasteiger partial charge in [-0.25, -0.2) is 9.78 Å². The van der Waals surface area contributed by atoms with Crippen molar-refractivity contribution in [3.05, 3.63) is 139 Å². The van der Waals surface area contributed by atoms with Crippen molar-refractivity contribution in [2.45, 2.75) is 16.7 Å². The van der Waals surface area contributed by atoms with E-state index in [4.69, 9.17) is 4.55 Å². The third kappa shape index (κ3) is 12.5. The van der Waals surface area contributed by atoms with Gasteiger partial charge in [-0.3, -0.25) is 29.3 Å². The Labute approximate surface area is 437 Å². The van der Waals surface area contributed by atoms with Crippen LogP contribution < -0.4 is 94.2 Å². The number of fused-ring (bicyclic) bond motifs is 2. The molecular formula is C36H25CrN8Na3O14S2+2. The SMILES string of the molecule is Cc1nn(-c2ccc(S(=O)(=O)O)cc2)c(=O)[c-]1N=Nc1cc([N+](=O)[O-])ccc1O.O=[N+]([O-])c1ccc2c(N=Nc3c(O)ccc4ccccc34)c(O)cc(S(=O)(=O)O)c2c1.[Cr].[Na+].[Na+].[Na+]. The van der Waals surface area contributed by atoms with Gasteiger partial charge in [0.15, 0.2) is 0 Å². The van der Waals surface area contributed by atoms with Crippen LogP contribution in [0.15, 0.2) is 138 Å². The van der Waals surface area contributed by atoms with Crippen molar-refractivity contribution in [1.29, 1.82) is 0 Å². The maximum atomic E-state index is 12.6. The number of azo groups is 2. The topological polar surface area (TPSA) is 340 Å². The van der Waals surface area contributed by atoms with E-state index in [9.17, 15) is 61.7 Å². The summed E-state index contributed by atoms with van der Waals surface area (Å²) in [5.41, 5.74) is -1.47. The maximum Gasteiger partial charge on any atom is 1.00 e. The molecule has 7 aromatic rings. The van der Waals surface area contributed by atoms with Gasteiger partial charge < -0.3 is 25.2 Å². The minimum absolute atomic E-state index is 0. The van der Waals surface area contributed by atoms with E-state index in [0.29, 0.717) is 5.39 Å².